The Hall–Kier alpha value is -0.860. The minimum atomic E-state index is -0.178. The molecule has 0 aliphatic heterocycles. The van der Waals surface area contributed by atoms with Crippen LogP contribution in [0.2, 0.25) is 0 Å². The Kier molecular flexibility index (Phi) is 5.72. The van der Waals surface area contributed by atoms with Crippen LogP contribution >= 0.6 is 0 Å². The first-order chi connectivity index (χ1) is 4.81. The van der Waals surface area contributed by atoms with Crippen molar-refractivity contribution >= 4 is 12.2 Å². The molecule has 0 atom stereocenters. The quantitative estimate of drug-likeness (QED) is 0.435. The summed E-state index contributed by atoms with van der Waals surface area (Å²) in [5.74, 6) is -0.178. The van der Waals surface area contributed by atoms with Crippen LogP contribution in [0.25, 0.3) is 0 Å². The van der Waals surface area contributed by atoms with Crippen LogP contribution < -0.4 is 0 Å². The molecule has 10 heavy (non-hydrogen) atoms. The molecule has 0 radical (unpaired) electrons. The van der Waals surface area contributed by atoms with E-state index in [9.17, 15) is 4.79 Å². The van der Waals surface area contributed by atoms with E-state index in [1.54, 1.807) is 13.1 Å². The van der Waals surface area contributed by atoms with Crippen molar-refractivity contribution in [2.75, 3.05) is 13.2 Å². The van der Waals surface area contributed by atoms with E-state index < -0.39 is 0 Å². The molecule has 58 valence electrons. The van der Waals surface area contributed by atoms with Gasteiger partial charge in [0.05, 0.1) is 0 Å². The van der Waals surface area contributed by atoms with Crippen molar-refractivity contribution in [1.29, 1.82) is 0 Å². The molecule has 3 nitrogen and oxygen atoms in total. The van der Waals surface area contributed by atoms with Crippen molar-refractivity contribution in [1.82, 2.24) is 0 Å². The number of aliphatic imine (C=N–C) groups is 1. The fourth-order valence-electron chi connectivity index (χ4n) is 0.414. The summed E-state index contributed by atoms with van der Waals surface area (Å²) in [6.07, 6.45) is 2.04. The van der Waals surface area contributed by atoms with Crippen LogP contribution in [0.1, 0.15) is 20.3 Å². The van der Waals surface area contributed by atoms with Crippen LogP contribution in [0.4, 0.5) is 0 Å². The standard InChI is InChI=1S/C7H13NO2/c1-3-7(9)10-6-5-8-4-2/h5H,3-4,6H2,1-2H3/b8-5+. The number of hydrogen-bond acceptors (Lipinski definition) is 3. The van der Waals surface area contributed by atoms with Gasteiger partial charge in [-0.15, -0.1) is 0 Å². The molecule has 0 aliphatic rings. The van der Waals surface area contributed by atoms with Gasteiger partial charge in [0.1, 0.15) is 6.61 Å². The topological polar surface area (TPSA) is 38.7 Å². The van der Waals surface area contributed by atoms with E-state index in [-0.39, 0.29) is 5.97 Å². The van der Waals surface area contributed by atoms with Gasteiger partial charge in [-0.3, -0.25) is 9.79 Å². The summed E-state index contributed by atoms with van der Waals surface area (Å²) in [6, 6.07) is 0. The first-order valence-electron chi connectivity index (χ1n) is 3.45. The average Bonchev–Trinajstić information content (AvgIpc) is 1.98. The van der Waals surface area contributed by atoms with E-state index >= 15 is 0 Å². The van der Waals surface area contributed by atoms with Crippen LogP contribution in [-0.2, 0) is 9.53 Å². The molecular formula is C7H13NO2. The molecular weight excluding hydrogens is 130 g/mol. The minimum absolute atomic E-state index is 0.178. The van der Waals surface area contributed by atoms with Gasteiger partial charge in [-0.1, -0.05) is 6.92 Å². The maximum absolute atomic E-state index is 10.5. The van der Waals surface area contributed by atoms with Gasteiger partial charge in [0.2, 0.25) is 0 Å². The number of hydrogen-bond donors (Lipinski definition) is 0. The molecule has 0 aromatic rings. The summed E-state index contributed by atoms with van der Waals surface area (Å²) in [5, 5.41) is 0. The lowest BCUT2D eigenvalue weighted by molar-refractivity contribution is -0.141. The Labute approximate surface area is 61.1 Å². The number of carbonyl (C=O) groups is 1. The normalized spacial score (nSPS) is 10.2. The Morgan fingerprint density at radius 2 is 2.30 bits per heavy atom. The van der Waals surface area contributed by atoms with Gasteiger partial charge in [-0.2, -0.15) is 0 Å². The number of nitrogens with zero attached hydrogens (tertiary/aromatic N) is 1. The first-order valence-corrected chi connectivity index (χ1v) is 3.45. The van der Waals surface area contributed by atoms with E-state index in [0.29, 0.717) is 13.0 Å². The van der Waals surface area contributed by atoms with Crippen molar-refractivity contribution in [3.8, 4) is 0 Å². The Bertz CT molecular complexity index is 121. The highest BCUT2D eigenvalue weighted by molar-refractivity contribution is 5.71. The molecule has 0 saturated heterocycles. The third-order valence-electron chi connectivity index (χ3n) is 0.919. The lowest BCUT2D eigenvalue weighted by atomic mass is 10.5. The molecule has 3 heteroatoms. The molecule has 0 amide bonds. The molecule has 0 aromatic carbocycles. The van der Waals surface area contributed by atoms with Crippen LogP contribution in [0.3, 0.4) is 0 Å². The van der Waals surface area contributed by atoms with Gasteiger partial charge < -0.3 is 4.74 Å². The van der Waals surface area contributed by atoms with Crippen molar-refractivity contribution in [2.24, 2.45) is 4.99 Å². The second kappa shape index (κ2) is 6.26. The predicted molar refractivity (Wildman–Crippen MR) is 40.3 cm³/mol. The highest BCUT2D eigenvalue weighted by Gasteiger charge is 1.93. The molecule has 0 aromatic heterocycles. The lowest BCUT2D eigenvalue weighted by Gasteiger charge is -1.95. The van der Waals surface area contributed by atoms with Crippen molar-refractivity contribution in [3.05, 3.63) is 0 Å². The van der Waals surface area contributed by atoms with Crippen molar-refractivity contribution < 1.29 is 9.53 Å². The van der Waals surface area contributed by atoms with Gasteiger partial charge in [-0.05, 0) is 6.92 Å². The molecule has 0 bridgehead atoms. The maximum atomic E-state index is 10.5. The van der Waals surface area contributed by atoms with Gasteiger partial charge in [0, 0.05) is 19.2 Å². The zero-order valence-electron chi connectivity index (χ0n) is 6.46. The largest absolute Gasteiger partial charge is 0.460 e. The van der Waals surface area contributed by atoms with E-state index in [1.165, 1.54) is 0 Å². The summed E-state index contributed by atoms with van der Waals surface area (Å²) >= 11 is 0. The molecule has 0 spiro atoms. The Morgan fingerprint density at radius 1 is 1.60 bits per heavy atom. The second-order valence-corrected chi connectivity index (χ2v) is 1.72. The van der Waals surface area contributed by atoms with Crippen LogP contribution in [-0.4, -0.2) is 25.3 Å². The Balaban J connectivity index is 3.19. The zero-order chi connectivity index (χ0) is 7.82. The molecule has 0 aliphatic carbocycles. The second-order valence-electron chi connectivity index (χ2n) is 1.72. The van der Waals surface area contributed by atoms with E-state index in [4.69, 9.17) is 4.74 Å². The van der Waals surface area contributed by atoms with E-state index in [0.717, 1.165) is 6.54 Å². The van der Waals surface area contributed by atoms with Crippen molar-refractivity contribution in [2.45, 2.75) is 20.3 Å². The first kappa shape index (κ1) is 9.14. The van der Waals surface area contributed by atoms with Gasteiger partial charge in [0.15, 0.2) is 0 Å². The molecule has 0 N–H and O–H groups in total. The summed E-state index contributed by atoms with van der Waals surface area (Å²) in [7, 11) is 0. The Morgan fingerprint density at radius 3 is 2.80 bits per heavy atom. The highest BCUT2D eigenvalue weighted by Crippen LogP contribution is 1.81. The average molecular weight is 143 g/mol. The fraction of sp³-hybridized carbons (Fsp3) is 0.714. The predicted octanol–water partition coefficient (Wildman–Crippen LogP) is 1.03. The minimum Gasteiger partial charge on any atom is -0.460 e. The summed E-state index contributed by atoms with van der Waals surface area (Å²) in [4.78, 5) is 14.4. The number of esters is 1. The van der Waals surface area contributed by atoms with E-state index in [2.05, 4.69) is 4.99 Å². The fourth-order valence-corrected chi connectivity index (χ4v) is 0.414. The van der Waals surface area contributed by atoms with Gasteiger partial charge in [-0.25, -0.2) is 0 Å². The summed E-state index contributed by atoms with van der Waals surface area (Å²) in [5.41, 5.74) is 0. The lowest BCUT2D eigenvalue weighted by Crippen LogP contribution is -2.04. The number of carbonyl (C=O) groups excluding carboxylic acids is 1. The SMILES string of the molecule is CC/N=C/COC(=O)CC. The monoisotopic (exact) mass is 143 g/mol. The third-order valence-corrected chi connectivity index (χ3v) is 0.919. The van der Waals surface area contributed by atoms with Crippen LogP contribution in [0.5, 0.6) is 0 Å². The third kappa shape index (κ3) is 5.28. The van der Waals surface area contributed by atoms with Crippen LogP contribution in [0.15, 0.2) is 4.99 Å². The van der Waals surface area contributed by atoms with Crippen molar-refractivity contribution in [3.63, 3.8) is 0 Å². The summed E-state index contributed by atoms with van der Waals surface area (Å²) < 4.78 is 4.70. The smallest absolute Gasteiger partial charge is 0.305 e. The maximum Gasteiger partial charge on any atom is 0.305 e. The molecule has 0 heterocycles. The molecule has 0 rings (SSSR count). The highest BCUT2D eigenvalue weighted by atomic mass is 16.5. The molecule has 0 saturated carbocycles. The number of ether oxygens (including phenoxy) is 1. The van der Waals surface area contributed by atoms with E-state index in [1.807, 2.05) is 6.92 Å². The molecule has 0 unspecified atom stereocenters. The zero-order valence-corrected chi connectivity index (χ0v) is 6.46. The van der Waals surface area contributed by atoms with Crippen LogP contribution in [0, 0.1) is 0 Å². The van der Waals surface area contributed by atoms with Gasteiger partial charge in [0.25, 0.3) is 0 Å². The molecule has 0 fully saturated rings. The van der Waals surface area contributed by atoms with Gasteiger partial charge >= 0.3 is 5.97 Å². The summed E-state index contributed by atoms with van der Waals surface area (Å²) in [6.45, 7) is 4.74. The number of rotatable bonds is 4.